The van der Waals surface area contributed by atoms with Crippen molar-refractivity contribution in [2.45, 2.75) is 13.0 Å². The fraction of sp³-hybridized carbons (Fsp3) is 0.235. The zero-order valence-electron chi connectivity index (χ0n) is 13.1. The Kier molecular flexibility index (Phi) is 5.41. The van der Waals surface area contributed by atoms with Gasteiger partial charge in [0.25, 0.3) is 5.91 Å². The van der Waals surface area contributed by atoms with Crippen molar-refractivity contribution in [3.63, 3.8) is 0 Å². The number of para-hydroxylation sites is 1. The highest BCUT2D eigenvalue weighted by molar-refractivity contribution is 5.94. The lowest BCUT2D eigenvalue weighted by Gasteiger charge is -2.16. The Balaban J connectivity index is 2.05. The molecule has 5 nitrogen and oxygen atoms in total. The number of halogens is 1. The molecule has 1 atom stereocenters. The number of hydrogen-bond acceptors (Lipinski definition) is 4. The summed E-state index contributed by atoms with van der Waals surface area (Å²) in [4.78, 5) is 12.2. The van der Waals surface area contributed by atoms with E-state index >= 15 is 0 Å². The van der Waals surface area contributed by atoms with E-state index in [2.05, 4.69) is 5.32 Å². The molecule has 1 amide bonds. The predicted octanol–water partition coefficient (Wildman–Crippen LogP) is 3.25. The second-order valence-corrected chi connectivity index (χ2v) is 4.75. The zero-order valence-corrected chi connectivity index (χ0v) is 13.1. The van der Waals surface area contributed by atoms with Gasteiger partial charge in [-0.15, -0.1) is 0 Å². The molecular formula is C17H18FNO4. The lowest BCUT2D eigenvalue weighted by atomic mass is 10.2. The molecule has 1 N–H and O–H groups in total. The predicted molar refractivity (Wildman–Crippen MR) is 84.7 cm³/mol. The third kappa shape index (κ3) is 4.12. The second-order valence-electron chi connectivity index (χ2n) is 4.75. The first-order chi connectivity index (χ1) is 11.0. The molecule has 0 radical (unpaired) electrons. The van der Waals surface area contributed by atoms with E-state index in [1.807, 2.05) is 0 Å². The van der Waals surface area contributed by atoms with Crippen LogP contribution in [0.2, 0.25) is 0 Å². The molecule has 2 aromatic carbocycles. The number of amides is 1. The van der Waals surface area contributed by atoms with E-state index in [0.717, 1.165) is 0 Å². The normalized spacial score (nSPS) is 11.5. The van der Waals surface area contributed by atoms with Gasteiger partial charge >= 0.3 is 0 Å². The summed E-state index contributed by atoms with van der Waals surface area (Å²) in [6, 6.07) is 10.9. The van der Waals surface area contributed by atoms with Crippen LogP contribution >= 0.6 is 0 Å². The second kappa shape index (κ2) is 7.49. The number of carbonyl (C=O) groups is 1. The van der Waals surface area contributed by atoms with E-state index in [-0.39, 0.29) is 5.75 Å². The summed E-state index contributed by atoms with van der Waals surface area (Å²) in [5.74, 6) is 0.162. The maximum absolute atomic E-state index is 13.5. The molecule has 6 heteroatoms. The van der Waals surface area contributed by atoms with Crippen LogP contribution in [0.1, 0.15) is 6.92 Å². The largest absolute Gasteiger partial charge is 0.493 e. The molecule has 0 aromatic heterocycles. The van der Waals surface area contributed by atoms with E-state index in [1.165, 1.54) is 26.4 Å². The minimum absolute atomic E-state index is 0.0301. The molecule has 122 valence electrons. The number of hydrogen-bond donors (Lipinski definition) is 1. The molecule has 0 saturated carbocycles. The average Bonchev–Trinajstić information content (AvgIpc) is 2.56. The quantitative estimate of drug-likeness (QED) is 0.888. The first-order valence-corrected chi connectivity index (χ1v) is 6.99. The van der Waals surface area contributed by atoms with E-state index in [0.29, 0.717) is 17.2 Å². The van der Waals surface area contributed by atoms with Crippen LogP contribution in [0, 0.1) is 5.82 Å². The Morgan fingerprint density at radius 2 is 1.74 bits per heavy atom. The maximum Gasteiger partial charge on any atom is 0.265 e. The van der Waals surface area contributed by atoms with Crippen LogP contribution in [-0.2, 0) is 4.79 Å². The van der Waals surface area contributed by atoms with Crippen molar-refractivity contribution >= 4 is 11.6 Å². The SMILES string of the molecule is COc1ccc(NC(=O)[C@@H](C)Oc2ccccc2F)cc1OC. The Morgan fingerprint density at radius 3 is 2.39 bits per heavy atom. The van der Waals surface area contributed by atoms with Gasteiger partial charge in [0.05, 0.1) is 14.2 Å². The number of benzene rings is 2. The highest BCUT2D eigenvalue weighted by Crippen LogP contribution is 2.29. The number of methoxy groups -OCH3 is 2. The molecular weight excluding hydrogens is 301 g/mol. The van der Waals surface area contributed by atoms with E-state index in [1.54, 1.807) is 37.3 Å². The summed E-state index contributed by atoms with van der Waals surface area (Å²) >= 11 is 0. The fourth-order valence-electron chi connectivity index (χ4n) is 1.94. The van der Waals surface area contributed by atoms with Crippen molar-refractivity contribution in [1.82, 2.24) is 0 Å². The number of anilines is 1. The van der Waals surface area contributed by atoms with E-state index < -0.39 is 17.8 Å². The van der Waals surface area contributed by atoms with E-state index in [4.69, 9.17) is 14.2 Å². The molecule has 0 aliphatic carbocycles. The van der Waals surface area contributed by atoms with Gasteiger partial charge in [-0.05, 0) is 31.2 Å². The molecule has 0 heterocycles. The third-order valence-corrected chi connectivity index (χ3v) is 3.16. The smallest absolute Gasteiger partial charge is 0.265 e. The number of carbonyl (C=O) groups excluding carboxylic acids is 1. The number of rotatable bonds is 6. The fourth-order valence-corrected chi connectivity index (χ4v) is 1.94. The Hall–Kier alpha value is -2.76. The number of nitrogens with one attached hydrogen (secondary N) is 1. The molecule has 0 saturated heterocycles. The molecule has 2 aromatic rings. The Labute approximate surface area is 134 Å². The molecule has 0 unspecified atom stereocenters. The van der Waals surface area contributed by atoms with Gasteiger partial charge in [0, 0.05) is 11.8 Å². The standard InChI is InChI=1S/C17H18FNO4/c1-11(23-14-7-5-4-6-13(14)18)17(20)19-12-8-9-15(21-2)16(10-12)22-3/h4-11H,1-3H3,(H,19,20)/t11-/m1/s1. The van der Waals surface area contributed by atoms with Crippen molar-refractivity contribution in [2.24, 2.45) is 0 Å². The third-order valence-electron chi connectivity index (χ3n) is 3.16. The van der Waals surface area contributed by atoms with Crippen molar-refractivity contribution in [1.29, 1.82) is 0 Å². The zero-order chi connectivity index (χ0) is 16.8. The lowest BCUT2D eigenvalue weighted by Crippen LogP contribution is -2.30. The summed E-state index contributed by atoms with van der Waals surface area (Å²) < 4.78 is 29.2. The summed E-state index contributed by atoms with van der Waals surface area (Å²) in [6.45, 7) is 1.54. The first kappa shape index (κ1) is 16.6. The summed E-state index contributed by atoms with van der Waals surface area (Å²) in [7, 11) is 3.04. The van der Waals surface area contributed by atoms with Gasteiger partial charge in [-0.1, -0.05) is 12.1 Å². The van der Waals surface area contributed by atoms with Gasteiger partial charge in [0.1, 0.15) is 0 Å². The van der Waals surface area contributed by atoms with Crippen molar-refractivity contribution in [2.75, 3.05) is 19.5 Å². The lowest BCUT2D eigenvalue weighted by molar-refractivity contribution is -0.122. The minimum Gasteiger partial charge on any atom is -0.493 e. The average molecular weight is 319 g/mol. The highest BCUT2D eigenvalue weighted by atomic mass is 19.1. The van der Waals surface area contributed by atoms with Crippen LogP contribution in [0.3, 0.4) is 0 Å². The van der Waals surface area contributed by atoms with Crippen molar-refractivity contribution in [3.8, 4) is 17.2 Å². The Bertz CT molecular complexity index is 690. The van der Waals surface area contributed by atoms with Gasteiger partial charge in [0.15, 0.2) is 29.2 Å². The van der Waals surface area contributed by atoms with E-state index in [9.17, 15) is 9.18 Å². The van der Waals surface area contributed by atoms with Gasteiger partial charge in [-0.3, -0.25) is 4.79 Å². The maximum atomic E-state index is 13.5. The van der Waals surface area contributed by atoms with Crippen LogP contribution < -0.4 is 19.5 Å². The molecule has 0 spiro atoms. The molecule has 0 fully saturated rings. The van der Waals surface area contributed by atoms with Gasteiger partial charge < -0.3 is 19.5 Å². The summed E-state index contributed by atoms with van der Waals surface area (Å²) in [6.07, 6.45) is -0.861. The van der Waals surface area contributed by atoms with Crippen LogP contribution in [0.4, 0.5) is 10.1 Å². The minimum atomic E-state index is -0.861. The highest BCUT2D eigenvalue weighted by Gasteiger charge is 2.17. The molecule has 0 bridgehead atoms. The molecule has 2 rings (SSSR count). The molecule has 23 heavy (non-hydrogen) atoms. The molecule has 0 aliphatic rings. The van der Waals surface area contributed by atoms with Gasteiger partial charge in [0.2, 0.25) is 0 Å². The summed E-state index contributed by atoms with van der Waals surface area (Å²) in [5.41, 5.74) is 0.525. The van der Waals surface area contributed by atoms with Gasteiger partial charge in [-0.2, -0.15) is 0 Å². The van der Waals surface area contributed by atoms with Crippen LogP contribution in [0.25, 0.3) is 0 Å². The van der Waals surface area contributed by atoms with Crippen LogP contribution in [0.5, 0.6) is 17.2 Å². The van der Waals surface area contributed by atoms with Crippen molar-refractivity contribution in [3.05, 3.63) is 48.3 Å². The monoisotopic (exact) mass is 319 g/mol. The molecule has 0 aliphatic heterocycles. The Morgan fingerprint density at radius 1 is 1.04 bits per heavy atom. The number of ether oxygens (including phenoxy) is 3. The van der Waals surface area contributed by atoms with Crippen molar-refractivity contribution < 1.29 is 23.4 Å². The van der Waals surface area contributed by atoms with Crippen LogP contribution in [0.15, 0.2) is 42.5 Å². The van der Waals surface area contributed by atoms with Crippen LogP contribution in [-0.4, -0.2) is 26.2 Å². The van der Waals surface area contributed by atoms with Gasteiger partial charge in [-0.25, -0.2) is 4.39 Å². The topological polar surface area (TPSA) is 56.8 Å². The summed E-state index contributed by atoms with van der Waals surface area (Å²) in [5, 5.41) is 2.69. The first-order valence-electron chi connectivity index (χ1n) is 6.99.